The zero-order valence-corrected chi connectivity index (χ0v) is 19.2. The van der Waals surface area contributed by atoms with Gasteiger partial charge in [-0.25, -0.2) is 0 Å². The minimum atomic E-state index is -0.588. The molecule has 1 amide bonds. The van der Waals surface area contributed by atoms with Crippen LogP contribution in [-0.2, 0) is 27.3 Å². The standard InChI is InChI=1S/C25H36N2O5/c1-20(2)14-27(25(29)13-21-7-4-3-5-8-21)17-24-16-26(10-12-32-24)15-22(28)18-30-19-23-9-6-11-31-23/h3-9,11,20,22,24,28H,10,12-19H2,1-2H3. The zero-order chi connectivity index (χ0) is 22.8. The van der Waals surface area contributed by atoms with Gasteiger partial charge in [0, 0.05) is 32.7 Å². The van der Waals surface area contributed by atoms with Crippen LogP contribution in [0.2, 0.25) is 0 Å². The summed E-state index contributed by atoms with van der Waals surface area (Å²) in [7, 11) is 0. The Morgan fingerprint density at radius 1 is 1.25 bits per heavy atom. The van der Waals surface area contributed by atoms with Crippen LogP contribution in [0.3, 0.4) is 0 Å². The van der Waals surface area contributed by atoms with Crippen molar-refractivity contribution in [1.29, 1.82) is 0 Å². The number of morpholine rings is 1. The number of rotatable bonds is 12. The maximum atomic E-state index is 13.0. The molecule has 1 aliphatic rings. The molecule has 0 saturated carbocycles. The summed E-state index contributed by atoms with van der Waals surface area (Å²) in [5.41, 5.74) is 1.02. The van der Waals surface area contributed by atoms with Crippen LogP contribution in [-0.4, -0.2) is 79.0 Å². The molecule has 1 fully saturated rings. The van der Waals surface area contributed by atoms with Crippen molar-refractivity contribution in [3.8, 4) is 0 Å². The molecule has 7 nitrogen and oxygen atoms in total. The quantitative estimate of drug-likeness (QED) is 0.542. The lowest BCUT2D eigenvalue weighted by molar-refractivity contribution is -0.135. The fraction of sp³-hybridized carbons (Fsp3) is 0.560. The summed E-state index contributed by atoms with van der Waals surface area (Å²) in [5.74, 6) is 1.24. The number of carbonyl (C=O) groups excluding carboxylic acids is 1. The molecule has 32 heavy (non-hydrogen) atoms. The molecular formula is C25H36N2O5. The normalized spacial score (nSPS) is 18.1. The fourth-order valence-corrected chi connectivity index (χ4v) is 3.94. The number of carbonyl (C=O) groups is 1. The van der Waals surface area contributed by atoms with Crippen molar-refractivity contribution in [2.24, 2.45) is 5.92 Å². The molecule has 0 radical (unpaired) electrons. The Bertz CT molecular complexity index is 781. The van der Waals surface area contributed by atoms with Crippen LogP contribution in [0.1, 0.15) is 25.2 Å². The predicted molar refractivity (Wildman–Crippen MR) is 122 cm³/mol. The van der Waals surface area contributed by atoms with E-state index in [0.29, 0.717) is 51.7 Å². The molecule has 0 spiro atoms. The molecule has 3 rings (SSSR count). The molecule has 0 bridgehead atoms. The molecule has 1 aliphatic heterocycles. The molecule has 1 saturated heterocycles. The Kier molecular flexibility index (Phi) is 9.74. The van der Waals surface area contributed by atoms with Crippen molar-refractivity contribution >= 4 is 5.91 Å². The van der Waals surface area contributed by atoms with E-state index < -0.39 is 6.10 Å². The molecule has 1 aromatic heterocycles. The molecule has 1 N–H and O–H groups in total. The minimum absolute atomic E-state index is 0.0709. The maximum absolute atomic E-state index is 13.0. The number of hydrogen-bond acceptors (Lipinski definition) is 6. The van der Waals surface area contributed by atoms with Crippen molar-refractivity contribution in [1.82, 2.24) is 9.80 Å². The lowest BCUT2D eigenvalue weighted by Crippen LogP contribution is -2.51. The van der Waals surface area contributed by atoms with Crippen molar-refractivity contribution in [2.45, 2.75) is 39.1 Å². The third kappa shape index (κ3) is 8.39. The smallest absolute Gasteiger partial charge is 0.227 e. The van der Waals surface area contributed by atoms with Crippen molar-refractivity contribution in [3.63, 3.8) is 0 Å². The van der Waals surface area contributed by atoms with Gasteiger partial charge in [-0.1, -0.05) is 44.2 Å². The summed E-state index contributed by atoms with van der Waals surface area (Å²) in [4.78, 5) is 17.1. The third-order valence-electron chi connectivity index (χ3n) is 5.39. The first-order chi connectivity index (χ1) is 15.5. The van der Waals surface area contributed by atoms with Crippen LogP contribution >= 0.6 is 0 Å². The van der Waals surface area contributed by atoms with E-state index >= 15 is 0 Å². The number of benzene rings is 1. The SMILES string of the molecule is CC(C)CN(CC1CN(CC(O)COCc2ccco2)CCO1)C(=O)Cc1ccccc1. The highest BCUT2D eigenvalue weighted by atomic mass is 16.5. The second-order valence-electron chi connectivity index (χ2n) is 8.86. The van der Waals surface area contributed by atoms with Gasteiger partial charge in [-0.05, 0) is 23.6 Å². The number of nitrogens with zero attached hydrogens (tertiary/aromatic N) is 2. The highest BCUT2D eigenvalue weighted by molar-refractivity contribution is 5.78. The van der Waals surface area contributed by atoms with Gasteiger partial charge in [-0.3, -0.25) is 9.69 Å². The predicted octanol–water partition coefficient (Wildman–Crippen LogP) is 2.59. The fourth-order valence-electron chi connectivity index (χ4n) is 3.94. The van der Waals surface area contributed by atoms with Gasteiger partial charge in [0.1, 0.15) is 12.4 Å². The molecule has 176 valence electrons. The highest BCUT2D eigenvalue weighted by Gasteiger charge is 2.26. The number of furan rings is 1. The molecule has 0 aliphatic carbocycles. The minimum Gasteiger partial charge on any atom is -0.467 e. The molecule has 1 aromatic carbocycles. The monoisotopic (exact) mass is 444 g/mol. The van der Waals surface area contributed by atoms with Crippen LogP contribution < -0.4 is 0 Å². The summed E-state index contributed by atoms with van der Waals surface area (Å²) < 4.78 is 16.8. The van der Waals surface area contributed by atoms with E-state index in [1.54, 1.807) is 6.26 Å². The van der Waals surface area contributed by atoms with E-state index in [1.807, 2.05) is 47.4 Å². The Morgan fingerprint density at radius 2 is 2.06 bits per heavy atom. The molecule has 2 aromatic rings. The Labute approximate surface area is 190 Å². The maximum Gasteiger partial charge on any atom is 0.227 e. The number of hydrogen-bond donors (Lipinski definition) is 1. The van der Waals surface area contributed by atoms with Gasteiger partial charge in [0.2, 0.25) is 5.91 Å². The van der Waals surface area contributed by atoms with Crippen LogP contribution in [0.5, 0.6) is 0 Å². The van der Waals surface area contributed by atoms with Crippen LogP contribution in [0.15, 0.2) is 53.1 Å². The van der Waals surface area contributed by atoms with E-state index in [9.17, 15) is 9.90 Å². The van der Waals surface area contributed by atoms with Gasteiger partial charge in [0.05, 0.1) is 38.1 Å². The summed E-state index contributed by atoms with van der Waals surface area (Å²) >= 11 is 0. The van der Waals surface area contributed by atoms with E-state index in [2.05, 4.69) is 18.7 Å². The van der Waals surface area contributed by atoms with Crippen molar-refractivity contribution in [3.05, 3.63) is 60.1 Å². The molecule has 2 atom stereocenters. The van der Waals surface area contributed by atoms with Crippen LogP contribution in [0.25, 0.3) is 0 Å². The molecule has 7 heteroatoms. The van der Waals surface area contributed by atoms with E-state index in [-0.39, 0.29) is 18.6 Å². The van der Waals surface area contributed by atoms with Crippen molar-refractivity contribution in [2.75, 3.05) is 45.9 Å². The van der Waals surface area contributed by atoms with E-state index in [1.165, 1.54) is 0 Å². The second-order valence-corrected chi connectivity index (χ2v) is 8.86. The average Bonchev–Trinajstić information content (AvgIpc) is 3.27. The van der Waals surface area contributed by atoms with E-state index in [0.717, 1.165) is 17.9 Å². The number of ether oxygens (including phenoxy) is 2. The van der Waals surface area contributed by atoms with Crippen LogP contribution in [0, 0.1) is 5.92 Å². The first kappa shape index (κ1) is 24.5. The average molecular weight is 445 g/mol. The summed E-state index contributed by atoms with van der Waals surface area (Å²) in [6.07, 6.45) is 1.35. The second kappa shape index (κ2) is 12.7. The van der Waals surface area contributed by atoms with Gasteiger partial charge in [-0.2, -0.15) is 0 Å². The van der Waals surface area contributed by atoms with Crippen molar-refractivity contribution < 1.29 is 23.8 Å². The Morgan fingerprint density at radius 3 is 2.78 bits per heavy atom. The Balaban J connectivity index is 1.46. The van der Waals surface area contributed by atoms with Gasteiger partial charge in [0.25, 0.3) is 0 Å². The topological polar surface area (TPSA) is 75.4 Å². The lowest BCUT2D eigenvalue weighted by atomic mass is 10.1. The molecular weight excluding hydrogens is 408 g/mol. The number of aliphatic hydroxyl groups excluding tert-OH is 1. The number of β-amino-alcohol motifs (C(OH)–C–C–N with tert-alkyl or cyclic N) is 1. The zero-order valence-electron chi connectivity index (χ0n) is 19.2. The number of amides is 1. The number of aliphatic hydroxyl groups is 1. The molecule has 2 unspecified atom stereocenters. The van der Waals surface area contributed by atoms with Gasteiger partial charge >= 0.3 is 0 Å². The first-order valence-corrected chi connectivity index (χ1v) is 11.4. The van der Waals surface area contributed by atoms with Gasteiger partial charge < -0.3 is 23.9 Å². The lowest BCUT2D eigenvalue weighted by Gasteiger charge is -2.37. The van der Waals surface area contributed by atoms with Crippen LogP contribution in [0.4, 0.5) is 0 Å². The summed E-state index contributed by atoms with van der Waals surface area (Å²) in [6, 6.07) is 13.5. The Hall–Kier alpha value is -2.19. The largest absolute Gasteiger partial charge is 0.467 e. The summed E-state index contributed by atoms with van der Waals surface area (Å²) in [6.45, 7) is 8.65. The first-order valence-electron chi connectivity index (χ1n) is 11.4. The van der Waals surface area contributed by atoms with Gasteiger partial charge in [0.15, 0.2) is 0 Å². The van der Waals surface area contributed by atoms with Gasteiger partial charge in [-0.15, -0.1) is 0 Å². The molecule has 2 heterocycles. The summed E-state index contributed by atoms with van der Waals surface area (Å²) in [5, 5.41) is 10.4. The highest BCUT2D eigenvalue weighted by Crippen LogP contribution is 2.12. The third-order valence-corrected chi connectivity index (χ3v) is 5.39. The van der Waals surface area contributed by atoms with E-state index in [4.69, 9.17) is 13.9 Å².